The molecule has 8 heteroatoms. The molecule has 2 N–H and O–H groups in total. The van der Waals surface area contributed by atoms with Crippen molar-refractivity contribution >= 4 is 52.0 Å². The van der Waals surface area contributed by atoms with E-state index in [1.807, 2.05) is 35.6 Å². The number of thioether (sulfide) groups is 1. The molecule has 0 fully saturated rings. The minimum atomic E-state index is -1.07. The Morgan fingerprint density at radius 3 is 2.56 bits per heavy atom. The van der Waals surface area contributed by atoms with Crippen LogP contribution in [0.5, 0.6) is 0 Å². The maximum atomic E-state index is 12.0. The van der Waals surface area contributed by atoms with Gasteiger partial charge in [0.25, 0.3) is 5.91 Å². The number of imide groups is 1. The maximum Gasteiger partial charge on any atom is 0.321 e. The summed E-state index contributed by atoms with van der Waals surface area (Å²) in [5, 5.41) is 6.75. The lowest BCUT2D eigenvalue weighted by molar-refractivity contribution is -0.151. The van der Waals surface area contributed by atoms with Crippen molar-refractivity contribution in [1.29, 1.82) is 0 Å². The highest BCUT2D eigenvalue weighted by Gasteiger charge is 2.19. The van der Waals surface area contributed by atoms with Crippen molar-refractivity contribution in [1.82, 2.24) is 10.6 Å². The Morgan fingerprint density at radius 1 is 1.20 bits per heavy atom. The third kappa shape index (κ3) is 5.11. The van der Waals surface area contributed by atoms with Gasteiger partial charge in [0, 0.05) is 22.4 Å². The summed E-state index contributed by atoms with van der Waals surface area (Å²) in [5.41, 5.74) is 0. The van der Waals surface area contributed by atoms with Crippen LogP contribution in [0.2, 0.25) is 5.02 Å². The van der Waals surface area contributed by atoms with E-state index >= 15 is 0 Å². The first-order chi connectivity index (χ1) is 11.9. The van der Waals surface area contributed by atoms with Crippen molar-refractivity contribution in [3.05, 3.63) is 41.4 Å². The van der Waals surface area contributed by atoms with Crippen molar-refractivity contribution in [3.63, 3.8) is 0 Å². The molecule has 132 valence electrons. The summed E-state index contributed by atoms with van der Waals surface area (Å²) >= 11 is 7.52. The number of hydrogen-bond donors (Lipinski definition) is 2. The zero-order chi connectivity index (χ0) is 18.4. The lowest BCUT2D eigenvalue weighted by Gasteiger charge is -2.13. The summed E-state index contributed by atoms with van der Waals surface area (Å²) in [4.78, 5) is 35.5. The summed E-state index contributed by atoms with van der Waals surface area (Å²) in [6.07, 6.45) is -1.07. The van der Waals surface area contributed by atoms with E-state index in [1.165, 1.54) is 25.7 Å². The number of carbonyl (C=O) groups is 3. The van der Waals surface area contributed by atoms with Crippen molar-refractivity contribution in [2.75, 3.05) is 12.8 Å². The molecule has 0 aliphatic rings. The fourth-order valence-electron chi connectivity index (χ4n) is 2.08. The van der Waals surface area contributed by atoms with Gasteiger partial charge >= 0.3 is 12.0 Å². The molecule has 0 saturated carbocycles. The van der Waals surface area contributed by atoms with Crippen molar-refractivity contribution in [3.8, 4) is 0 Å². The van der Waals surface area contributed by atoms with Crippen molar-refractivity contribution in [2.24, 2.45) is 0 Å². The fraction of sp³-hybridized carbons (Fsp3) is 0.235. The van der Waals surface area contributed by atoms with Gasteiger partial charge in [0.2, 0.25) is 0 Å². The molecule has 1 atom stereocenters. The highest BCUT2D eigenvalue weighted by molar-refractivity contribution is 8.00. The summed E-state index contributed by atoms with van der Waals surface area (Å²) in [5.74, 6) is -1.23. The Hall–Kier alpha value is -2.25. The minimum Gasteiger partial charge on any atom is -0.452 e. The number of urea groups is 1. The van der Waals surface area contributed by atoms with Gasteiger partial charge < -0.3 is 10.1 Å². The largest absolute Gasteiger partial charge is 0.452 e. The molecule has 0 aliphatic carbocycles. The molecule has 0 unspecified atom stereocenters. The van der Waals surface area contributed by atoms with E-state index in [1.54, 1.807) is 6.07 Å². The lowest BCUT2D eigenvalue weighted by Crippen LogP contribution is -2.43. The summed E-state index contributed by atoms with van der Waals surface area (Å²) in [6.45, 7) is 1.40. The zero-order valence-electron chi connectivity index (χ0n) is 13.7. The van der Waals surface area contributed by atoms with E-state index in [0.29, 0.717) is 5.02 Å². The zero-order valence-corrected chi connectivity index (χ0v) is 15.2. The summed E-state index contributed by atoms with van der Waals surface area (Å²) in [6, 6.07) is 10.6. The second-order valence-electron chi connectivity index (χ2n) is 5.08. The third-order valence-corrected chi connectivity index (χ3v) is 4.65. The molecule has 2 aromatic carbocycles. The van der Waals surface area contributed by atoms with Crippen LogP contribution in [-0.2, 0) is 14.3 Å². The van der Waals surface area contributed by atoms with Crippen LogP contribution in [0.1, 0.15) is 6.92 Å². The van der Waals surface area contributed by atoms with Gasteiger partial charge in [-0.2, -0.15) is 0 Å². The summed E-state index contributed by atoms with van der Waals surface area (Å²) < 4.78 is 5.04. The number of benzene rings is 2. The SMILES string of the molecule is CNC(=O)NC(=O)[C@@H](C)OC(=O)CSc1cccc2cccc(Cl)c12. The number of fused-ring (bicyclic) bond motifs is 1. The first-order valence-electron chi connectivity index (χ1n) is 7.44. The van der Waals surface area contributed by atoms with Crippen LogP contribution in [0.3, 0.4) is 0 Å². The Bertz CT molecular complexity index is 807. The van der Waals surface area contributed by atoms with Crippen molar-refractivity contribution < 1.29 is 19.1 Å². The van der Waals surface area contributed by atoms with Crippen LogP contribution in [0, 0.1) is 0 Å². The molecule has 0 aromatic heterocycles. The Balaban J connectivity index is 1.97. The van der Waals surface area contributed by atoms with Gasteiger partial charge in [-0.15, -0.1) is 11.8 Å². The predicted octanol–water partition coefficient (Wildman–Crippen LogP) is 2.97. The predicted molar refractivity (Wildman–Crippen MR) is 97.8 cm³/mol. The monoisotopic (exact) mass is 380 g/mol. The molecule has 25 heavy (non-hydrogen) atoms. The highest BCUT2D eigenvalue weighted by Crippen LogP contribution is 2.33. The van der Waals surface area contributed by atoms with Crippen LogP contribution in [0.25, 0.3) is 10.8 Å². The molecular weight excluding hydrogens is 364 g/mol. The smallest absolute Gasteiger partial charge is 0.321 e. The number of halogens is 1. The van der Waals surface area contributed by atoms with E-state index in [9.17, 15) is 14.4 Å². The van der Waals surface area contributed by atoms with Crippen LogP contribution in [0.4, 0.5) is 4.79 Å². The number of amides is 3. The molecule has 3 amide bonds. The average molecular weight is 381 g/mol. The van der Waals surface area contributed by atoms with E-state index in [0.717, 1.165) is 15.7 Å². The number of esters is 1. The molecular formula is C17H17ClN2O4S. The van der Waals surface area contributed by atoms with E-state index in [4.69, 9.17) is 16.3 Å². The fourth-order valence-corrected chi connectivity index (χ4v) is 3.31. The van der Waals surface area contributed by atoms with E-state index < -0.39 is 24.0 Å². The molecule has 0 aliphatic heterocycles. The van der Waals surface area contributed by atoms with Crippen molar-refractivity contribution in [2.45, 2.75) is 17.9 Å². The van der Waals surface area contributed by atoms with Crippen LogP contribution in [-0.4, -0.2) is 36.8 Å². The Kier molecular flexibility index (Phi) is 6.66. The minimum absolute atomic E-state index is 0.0158. The molecule has 0 bridgehead atoms. The number of hydrogen-bond acceptors (Lipinski definition) is 5. The lowest BCUT2D eigenvalue weighted by atomic mass is 10.1. The molecule has 6 nitrogen and oxygen atoms in total. The molecule has 2 aromatic rings. The first-order valence-corrected chi connectivity index (χ1v) is 8.81. The first kappa shape index (κ1) is 19.1. The summed E-state index contributed by atoms with van der Waals surface area (Å²) in [7, 11) is 1.38. The molecule has 2 rings (SSSR count). The number of carbonyl (C=O) groups excluding carboxylic acids is 3. The Morgan fingerprint density at radius 2 is 1.88 bits per heavy atom. The van der Waals surface area contributed by atoms with Crippen LogP contribution in [0.15, 0.2) is 41.3 Å². The van der Waals surface area contributed by atoms with Gasteiger partial charge in [-0.25, -0.2) is 4.79 Å². The normalized spacial score (nSPS) is 11.6. The van der Waals surface area contributed by atoms with E-state index in [2.05, 4.69) is 5.32 Å². The van der Waals surface area contributed by atoms with Gasteiger partial charge in [0.15, 0.2) is 6.10 Å². The Labute approximate surface area is 154 Å². The van der Waals surface area contributed by atoms with Gasteiger partial charge in [-0.05, 0) is 24.4 Å². The molecule has 0 heterocycles. The quantitative estimate of drug-likeness (QED) is 0.615. The highest BCUT2D eigenvalue weighted by atomic mass is 35.5. The topological polar surface area (TPSA) is 84.5 Å². The van der Waals surface area contributed by atoms with Gasteiger partial charge in [-0.1, -0.05) is 35.9 Å². The van der Waals surface area contributed by atoms with E-state index in [-0.39, 0.29) is 5.75 Å². The van der Waals surface area contributed by atoms with Crippen LogP contribution < -0.4 is 10.6 Å². The maximum absolute atomic E-state index is 12.0. The average Bonchev–Trinajstić information content (AvgIpc) is 2.59. The van der Waals surface area contributed by atoms with Gasteiger partial charge in [-0.3, -0.25) is 14.9 Å². The van der Waals surface area contributed by atoms with Gasteiger partial charge in [0.1, 0.15) is 0 Å². The van der Waals surface area contributed by atoms with Crippen LogP contribution >= 0.6 is 23.4 Å². The second kappa shape index (κ2) is 8.73. The standard InChI is InChI=1S/C17H17ClN2O4S/c1-10(16(22)20-17(23)19-2)24-14(21)9-25-13-8-4-6-11-5-3-7-12(18)15(11)13/h3-8,10H,9H2,1-2H3,(H2,19,20,22,23)/t10-/m1/s1. The molecule has 0 saturated heterocycles. The molecule has 0 spiro atoms. The number of ether oxygens (including phenoxy) is 1. The number of rotatable bonds is 5. The second-order valence-corrected chi connectivity index (χ2v) is 6.51. The van der Waals surface area contributed by atoms with Gasteiger partial charge in [0.05, 0.1) is 5.75 Å². The molecule has 0 radical (unpaired) electrons. The third-order valence-electron chi connectivity index (χ3n) is 3.30. The number of nitrogens with one attached hydrogen (secondary N) is 2.